The van der Waals surface area contributed by atoms with Crippen LogP contribution in [0.5, 0.6) is 0 Å². The molecule has 1 N–H and O–H groups in total. The zero-order chi connectivity index (χ0) is 12.8. The highest BCUT2D eigenvalue weighted by atomic mass is 32.1. The molecule has 0 aromatic rings. The minimum absolute atomic E-state index is 0.617. The van der Waals surface area contributed by atoms with Gasteiger partial charge < -0.3 is 5.32 Å². The van der Waals surface area contributed by atoms with Gasteiger partial charge in [0.25, 0.3) is 0 Å². The van der Waals surface area contributed by atoms with Gasteiger partial charge in [-0.3, -0.25) is 0 Å². The molecule has 0 aromatic carbocycles. The van der Waals surface area contributed by atoms with Gasteiger partial charge in [-0.05, 0) is 18.6 Å². The first-order valence-electron chi connectivity index (χ1n) is 6.85. The first-order valence-corrected chi connectivity index (χ1v) is 8.34. The summed E-state index contributed by atoms with van der Waals surface area (Å²) in [5.74, 6) is 1.05. The van der Waals surface area contributed by atoms with E-state index in [0.717, 1.165) is 12.3 Å². The molecule has 102 valence electrons. The Morgan fingerprint density at radius 1 is 0.765 bits per heavy atom. The minimum atomic E-state index is 0.617. The highest BCUT2D eigenvalue weighted by Crippen LogP contribution is 2.10. The number of nitrogens with one attached hydrogen (secondary N) is 1. The maximum Gasteiger partial charge on any atom is 0.130 e. The third-order valence-electron chi connectivity index (χ3n) is 2.86. The molecule has 4 heteroatoms. The number of hydrogen-bond donors (Lipinski definition) is 3. The minimum Gasteiger partial charge on any atom is -0.371 e. The van der Waals surface area contributed by atoms with Gasteiger partial charge in [-0.2, -0.15) is 12.6 Å². The van der Waals surface area contributed by atoms with Crippen LogP contribution in [0.15, 0.2) is 0 Å². The molecule has 0 aromatic heterocycles. The van der Waals surface area contributed by atoms with Crippen LogP contribution < -0.4 is 5.32 Å². The van der Waals surface area contributed by atoms with Gasteiger partial charge in [-0.25, -0.2) is 0 Å². The number of hydrogen-bond acceptors (Lipinski definition) is 2. The molecule has 0 atom stereocenters. The van der Waals surface area contributed by atoms with Crippen LogP contribution in [0.1, 0.15) is 64.2 Å². The normalized spacial score (nSPS) is 10.5. The van der Waals surface area contributed by atoms with Crippen molar-refractivity contribution in [3.05, 3.63) is 0 Å². The van der Waals surface area contributed by atoms with E-state index >= 15 is 0 Å². The van der Waals surface area contributed by atoms with E-state index in [0.29, 0.717) is 4.32 Å². The van der Waals surface area contributed by atoms with Crippen molar-refractivity contribution in [1.29, 1.82) is 0 Å². The molecular weight excluding hydrogens is 266 g/mol. The Morgan fingerprint density at radius 2 is 1.18 bits per heavy atom. The quantitative estimate of drug-likeness (QED) is 0.276. The van der Waals surface area contributed by atoms with Crippen LogP contribution >= 0.6 is 37.5 Å². The number of rotatable bonds is 12. The lowest BCUT2D eigenvalue weighted by molar-refractivity contribution is 0.556. The van der Waals surface area contributed by atoms with Gasteiger partial charge in [-0.1, -0.05) is 63.6 Å². The Balaban J connectivity index is 2.91. The summed E-state index contributed by atoms with van der Waals surface area (Å²) >= 11 is 13.1. The van der Waals surface area contributed by atoms with E-state index in [1.807, 2.05) is 0 Å². The molecule has 0 aliphatic carbocycles. The Labute approximate surface area is 123 Å². The van der Waals surface area contributed by atoms with Crippen molar-refractivity contribution in [2.45, 2.75) is 64.2 Å². The van der Waals surface area contributed by atoms with E-state index < -0.39 is 0 Å². The molecule has 0 rings (SSSR count). The van der Waals surface area contributed by atoms with Gasteiger partial charge in [-0.15, -0.1) is 12.6 Å². The predicted molar refractivity (Wildman–Crippen MR) is 89.6 cm³/mol. The van der Waals surface area contributed by atoms with Crippen LogP contribution in [0, 0.1) is 0 Å². The summed E-state index contributed by atoms with van der Waals surface area (Å²) in [5.41, 5.74) is 0. The van der Waals surface area contributed by atoms with Gasteiger partial charge in [0.1, 0.15) is 4.32 Å². The summed E-state index contributed by atoms with van der Waals surface area (Å²) in [7, 11) is 0. The van der Waals surface area contributed by atoms with E-state index in [1.54, 1.807) is 0 Å². The van der Waals surface area contributed by atoms with Crippen molar-refractivity contribution >= 4 is 41.8 Å². The average Bonchev–Trinajstić information content (AvgIpc) is 2.30. The molecule has 0 aliphatic heterocycles. The second-order valence-electron chi connectivity index (χ2n) is 4.49. The van der Waals surface area contributed by atoms with Crippen LogP contribution in [0.25, 0.3) is 0 Å². The first-order chi connectivity index (χ1) is 8.27. The maximum absolute atomic E-state index is 4.82. The van der Waals surface area contributed by atoms with Gasteiger partial charge in [0.15, 0.2) is 0 Å². The third kappa shape index (κ3) is 16.6. The Morgan fingerprint density at radius 3 is 1.59 bits per heavy atom. The highest BCUT2D eigenvalue weighted by Gasteiger charge is 1.93. The SMILES string of the molecule is S=C(S)NCCCCCCCCCCCCS. The van der Waals surface area contributed by atoms with Crippen molar-refractivity contribution in [1.82, 2.24) is 5.32 Å². The summed E-state index contributed by atoms with van der Waals surface area (Å²) in [6.45, 7) is 0.978. The molecule has 0 unspecified atom stereocenters. The summed E-state index contributed by atoms with van der Waals surface area (Å²) in [5, 5.41) is 3.07. The van der Waals surface area contributed by atoms with Crippen LogP contribution in [0.2, 0.25) is 0 Å². The Kier molecular flexibility index (Phi) is 15.2. The van der Waals surface area contributed by atoms with E-state index in [1.165, 1.54) is 64.2 Å². The van der Waals surface area contributed by atoms with Gasteiger partial charge in [0.2, 0.25) is 0 Å². The van der Waals surface area contributed by atoms with Crippen LogP contribution in [0.4, 0.5) is 0 Å². The lowest BCUT2D eigenvalue weighted by atomic mass is 10.1. The number of unbranched alkanes of at least 4 members (excludes halogenated alkanes) is 9. The summed E-state index contributed by atoms with van der Waals surface area (Å²) in [4.78, 5) is 0. The summed E-state index contributed by atoms with van der Waals surface area (Å²) < 4.78 is 0.617. The van der Waals surface area contributed by atoms with Gasteiger partial charge in [0.05, 0.1) is 0 Å². The smallest absolute Gasteiger partial charge is 0.130 e. The zero-order valence-corrected chi connectivity index (χ0v) is 13.4. The standard InChI is InChI=1S/C13H27NS3/c15-12-10-8-6-4-2-1-3-5-7-9-11-14-13(16)17/h15H,1-12H2,(H2,14,16,17). The van der Waals surface area contributed by atoms with Crippen molar-refractivity contribution in [3.63, 3.8) is 0 Å². The van der Waals surface area contributed by atoms with E-state index in [2.05, 4.69) is 30.6 Å². The van der Waals surface area contributed by atoms with E-state index in [9.17, 15) is 0 Å². The maximum atomic E-state index is 4.82. The van der Waals surface area contributed by atoms with Crippen LogP contribution in [-0.4, -0.2) is 16.6 Å². The third-order valence-corrected chi connectivity index (χ3v) is 3.48. The molecule has 0 aliphatic rings. The van der Waals surface area contributed by atoms with Crippen molar-refractivity contribution in [3.8, 4) is 0 Å². The molecule has 0 heterocycles. The molecular formula is C13H27NS3. The van der Waals surface area contributed by atoms with Crippen molar-refractivity contribution < 1.29 is 0 Å². The average molecular weight is 294 g/mol. The molecule has 17 heavy (non-hydrogen) atoms. The lowest BCUT2D eigenvalue weighted by Gasteiger charge is -2.03. The van der Waals surface area contributed by atoms with E-state index in [-0.39, 0.29) is 0 Å². The first kappa shape index (κ1) is 17.6. The second kappa shape index (κ2) is 14.7. The lowest BCUT2D eigenvalue weighted by Crippen LogP contribution is -2.17. The second-order valence-corrected chi connectivity index (χ2v) is 6.10. The summed E-state index contributed by atoms with van der Waals surface area (Å²) in [6, 6.07) is 0. The fourth-order valence-electron chi connectivity index (χ4n) is 1.85. The van der Waals surface area contributed by atoms with Gasteiger partial charge in [0, 0.05) is 6.54 Å². The Bertz CT molecular complexity index is 174. The zero-order valence-electron chi connectivity index (χ0n) is 10.8. The molecule has 1 nitrogen and oxygen atoms in total. The highest BCUT2D eigenvalue weighted by molar-refractivity contribution is 8.11. The molecule has 0 radical (unpaired) electrons. The fourth-order valence-corrected chi connectivity index (χ4v) is 2.28. The molecule has 0 amide bonds. The van der Waals surface area contributed by atoms with E-state index in [4.69, 9.17) is 12.2 Å². The largest absolute Gasteiger partial charge is 0.371 e. The van der Waals surface area contributed by atoms with Gasteiger partial charge >= 0.3 is 0 Å². The van der Waals surface area contributed by atoms with Crippen molar-refractivity contribution in [2.24, 2.45) is 0 Å². The molecule has 0 fully saturated rings. The fraction of sp³-hybridized carbons (Fsp3) is 0.923. The summed E-state index contributed by atoms with van der Waals surface area (Å²) in [6.07, 6.45) is 13.5. The molecule has 0 spiro atoms. The predicted octanol–water partition coefficient (Wildman–Crippen LogP) is 4.62. The van der Waals surface area contributed by atoms with Crippen molar-refractivity contribution in [2.75, 3.05) is 12.3 Å². The number of thiocarbonyl (C=S) groups is 1. The van der Waals surface area contributed by atoms with Crippen LogP contribution in [0.3, 0.4) is 0 Å². The number of thiol groups is 2. The Hall–Kier alpha value is 0.590. The topological polar surface area (TPSA) is 12.0 Å². The van der Waals surface area contributed by atoms with Crippen LogP contribution in [-0.2, 0) is 0 Å². The molecule has 0 saturated heterocycles. The monoisotopic (exact) mass is 293 g/mol. The molecule has 0 saturated carbocycles. The molecule has 0 bridgehead atoms.